The molecule has 0 spiro atoms. The van der Waals surface area contributed by atoms with E-state index in [9.17, 15) is 8.42 Å². The molecule has 80 valence electrons. The monoisotopic (exact) mass is 234 g/mol. The molecule has 3 N–H and O–H groups in total. The number of hydrogen-bond acceptors (Lipinski definition) is 5. The molecule has 1 unspecified atom stereocenters. The Labute approximate surface area is 88.0 Å². The molecule has 0 aliphatic carbocycles. The van der Waals surface area contributed by atoms with Crippen LogP contribution in [0.2, 0.25) is 0 Å². The molecule has 1 rings (SSSR count). The Bertz CT molecular complexity index is 359. The van der Waals surface area contributed by atoms with Gasteiger partial charge >= 0.3 is 0 Å². The van der Waals surface area contributed by atoms with Crippen LogP contribution in [0.5, 0.6) is 0 Å². The third-order valence-electron chi connectivity index (χ3n) is 1.87. The predicted molar refractivity (Wildman–Crippen MR) is 58.7 cm³/mol. The first-order valence-corrected chi connectivity index (χ1v) is 7.14. The average molecular weight is 234 g/mol. The van der Waals surface area contributed by atoms with E-state index in [1.165, 1.54) is 6.26 Å². The maximum atomic E-state index is 11.0. The lowest BCUT2D eigenvalue weighted by Crippen LogP contribution is -2.28. The largest absolute Gasteiger partial charge is 0.271 e. The Morgan fingerprint density at radius 1 is 1.64 bits per heavy atom. The molecule has 14 heavy (non-hydrogen) atoms. The van der Waals surface area contributed by atoms with Crippen molar-refractivity contribution in [3.63, 3.8) is 0 Å². The molecule has 0 aliphatic heterocycles. The summed E-state index contributed by atoms with van der Waals surface area (Å²) in [7, 11) is -2.91. The van der Waals surface area contributed by atoms with Gasteiger partial charge in [0.05, 0.1) is 11.8 Å². The van der Waals surface area contributed by atoms with Gasteiger partial charge in [-0.15, -0.1) is 11.3 Å². The Hall–Kier alpha value is -0.430. The van der Waals surface area contributed by atoms with Crippen molar-refractivity contribution < 1.29 is 8.42 Å². The standard InChI is InChI=1S/C8H14N2O2S2/c1-14(11,12)6-4-7(10-9)8-3-2-5-13-8/h2-3,5,7,10H,4,6,9H2,1H3. The number of thiophene rings is 1. The summed E-state index contributed by atoms with van der Waals surface area (Å²) in [5.41, 5.74) is 2.62. The number of hydrazine groups is 1. The molecular weight excluding hydrogens is 220 g/mol. The van der Waals surface area contributed by atoms with Gasteiger partial charge in [0.1, 0.15) is 9.84 Å². The molecular formula is C8H14N2O2S2. The normalized spacial score (nSPS) is 14.1. The number of sulfone groups is 1. The predicted octanol–water partition coefficient (Wildman–Crippen LogP) is 0.687. The molecule has 1 aromatic heterocycles. The summed E-state index contributed by atoms with van der Waals surface area (Å²) >= 11 is 1.57. The van der Waals surface area contributed by atoms with Gasteiger partial charge in [0.15, 0.2) is 0 Å². The van der Waals surface area contributed by atoms with Crippen LogP contribution in [0, 0.1) is 0 Å². The topological polar surface area (TPSA) is 72.2 Å². The van der Waals surface area contributed by atoms with E-state index < -0.39 is 9.84 Å². The molecule has 0 saturated carbocycles. The fourth-order valence-corrected chi connectivity index (χ4v) is 2.61. The molecule has 0 aromatic carbocycles. The lowest BCUT2D eigenvalue weighted by atomic mass is 10.2. The molecule has 1 aromatic rings. The number of nitrogens with two attached hydrogens (primary N) is 1. The van der Waals surface area contributed by atoms with E-state index in [0.29, 0.717) is 6.42 Å². The minimum absolute atomic E-state index is 0.0651. The number of rotatable bonds is 5. The zero-order valence-corrected chi connectivity index (χ0v) is 9.57. The van der Waals surface area contributed by atoms with Crippen molar-refractivity contribution in [2.75, 3.05) is 12.0 Å². The lowest BCUT2D eigenvalue weighted by molar-refractivity contribution is 0.538. The zero-order chi connectivity index (χ0) is 10.6. The first-order chi connectivity index (χ1) is 6.53. The molecule has 0 radical (unpaired) electrons. The summed E-state index contributed by atoms with van der Waals surface area (Å²) in [6, 6.07) is 3.80. The Morgan fingerprint density at radius 2 is 2.36 bits per heavy atom. The third kappa shape index (κ3) is 3.75. The van der Waals surface area contributed by atoms with E-state index >= 15 is 0 Å². The maximum Gasteiger partial charge on any atom is 0.147 e. The van der Waals surface area contributed by atoms with Gasteiger partial charge in [-0.25, -0.2) is 8.42 Å². The van der Waals surface area contributed by atoms with Gasteiger partial charge < -0.3 is 0 Å². The summed E-state index contributed by atoms with van der Waals surface area (Å²) < 4.78 is 21.9. The van der Waals surface area contributed by atoms with Crippen LogP contribution < -0.4 is 11.3 Å². The molecule has 0 amide bonds. The van der Waals surface area contributed by atoms with Crippen LogP contribution >= 0.6 is 11.3 Å². The maximum absolute atomic E-state index is 11.0. The van der Waals surface area contributed by atoms with Gasteiger partial charge in [0, 0.05) is 11.1 Å². The number of nitrogens with one attached hydrogen (secondary N) is 1. The summed E-state index contributed by atoms with van der Waals surface area (Å²) in [6.07, 6.45) is 1.74. The quantitative estimate of drug-likeness (QED) is 0.581. The highest BCUT2D eigenvalue weighted by molar-refractivity contribution is 7.90. The van der Waals surface area contributed by atoms with Crippen molar-refractivity contribution in [1.29, 1.82) is 0 Å². The van der Waals surface area contributed by atoms with E-state index in [2.05, 4.69) is 5.43 Å². The van der Waals surface area contributed by atoms with E-state index in [1.807, 2.05) is 17.5 Å². The Kier molecular flexibility index (Phi) is 4.06. The van der Waals surface area contributed by atoms with Crippen molar-refractivity contribution in [1.82, 2.24) is 5.43 Å². The van der Waals surface area contributed by atoms with Crippen LogP contribution in [0.4, 0.5) is 0 Å². The zero-order valence-electron chi connectivity index (χ0n) is 7.93. The lowest BCUT2D eigenvalue weighted by Gasteiger charge is -2.12. The smallest absolute Gasteiger partial charge is 0.147 e. The molecule has 6 heteroatoms. The van der Waals surface area contributed by atoms with Crippen LogP contribution in [0.1, 0.15) is 17.3 Å². The van der Waals surface area contributed by atoms with Gasteiger partial charge in [0.25, 0.3) is 0 Å². The van der Waals surface area contributed by atoms with Crippen LogP contribution in [0.25, 0.3) is 0 Å². The van der Waals surface area contributed by atoms with Crippen LogP contribution in [-0.2, 0) is 9.84 Å². The second-order valence-electron chi connectivity index (χ2n) is 3.15. The third-order valence-corrected chi connectivity index (χ3v) is 3.83. The van der Waals surface area contributed by atoms with Crippen molar-refractivity contribution in [2.45, 2.75) is 12.5 Å². The first kappa shape index (κ1) is 11.6. The van der Waals surface area contributed by atoms with E-state index in [0.717, 1.165) is 4.88 Å². The van der Waals surface area contributed by atoms with Crippen molar-refractivity contribution in [2.24, 2.45) is 5.84 Å². The summed E-state index contributed by atoms with van der Waals surface area (Å²) in [6.45, 7) is 0. The van der Waals surface area contributed by atoms with Crippen molar-refractivity contribution in [3.8, 4) is 0 Å². The average Bonchev–Trinajstić information content (AvgIpc) is 2.56. The summed E-state index contributed by atoms with van der Waals surface area (Å²) in [5, 5.41) is 1.94. The molecule has 1 atom stereocenters. The number of hydrogen-bond donors (Lipinski definition) is 2. The van der Waals surface area contributed by atoms with Gasteiger partial charge in [-0.05, 0) is 17.9 Å². The molecule has 1 heterocycles. The SMILES string of the molecule is CS(=O)(=O)CCC(NN)c1cccs1. The molecule has 0 aliphatic rings. The first-order valence-electron chi connectivity index (χ1n) is 4.20. The summed E-state index contributed by atoms with van der Waals surface area (Å²) in [4.78, 5) is 1.07. The highest BCUT2D eigenvalue weighted by atomic mass is 32.2. The van der Waals surface area contributed by atoms with E-state index in [-0.39, 0.29) is 11.8 Å². The van der Waals surface area contributed by atoms with Gasteiger partial charge in [0.2, 0.25) is 0 Å². The molecule has 0 fully saturated rings. The molecule has 0 bridgehead atoms. The molecule has 4 nitrogen and oxygen atoms in total. The fraction of sp³-hybridized carbons (Fsp3) is 0.500. The Balaban J connectivity index is 2.57. The fourth-order valence-electron chi connectivity index (χ4n) is 1.13. The molecule has 0 saturated heterocycles. The van der Waals surface area contributed by atoms with Crippen LogP contribution in [0.3, 0.4) is 0 Å². The second-order valence-corrected chi connectivity index (χ2v) is 6.39. The highest BCUT2D eigenvalue weighted by Crippen LogP contribution is 2.21. The van der Waals surface area contributed by atoms with Crippen LogP contribution in [-0.4, -0.2) is 20.4 Å². The van der Waals surface area contributed by atoms with E-state index in [1.54, 1.807) is 11.3 Å². The summed E-state index contributed by atoms with van der Waals surface area (Å²) in [5.74, 6) is 5.51. The van der Waals surface area contributed by atoms with E-state index in [4.69, 9.17) is 5.84 Å². The second kappa shape index (κ2) is 4.88. The highest BCUT2D eigenvalue weighted by Gasteiger charge is 2.13. The van der Waals surface area contributed by atoms with Crippen molar-refractivity contribution >= 4 is 21.2 Å². The van der Waals surface area contributed by atoms with Gasteiger partial charge in [-0.3, -0.25) is 11.3 Å². The van der Waals surface area contributed by atoms with Crippen LogP contribution in [0.15, 0.2) is 17.5 Å². The van der Waals surface area contributed by atoms with Gasteiger partial charge in [-0.1, -0.05) is 6.07 Å². The Morgan fingerprint density at radius 3 is 2.79 bits per heavy atom. The minimum Gasteiger partial charge on any atom is -0.271 e. The van der Waals surface area contributed by atoms with Crippen molar-refractivity contribution in [3.05, 3.63) is 22.4 Å². The minimum atomic E-state index is -2.91. The van der Waals surface area contributed by atoms with Gasteiger partial charge in [-0.2, -0.15) is 0 Å².